The molecule has 0 spiro atoms. The fourth-order valence-electron chi connectivity index (χ4n) is 1.67. The summed E-state index contributed by atoms with van der Waals surface area (Å²) in [5.41, 5.74) is 1.39. The molecule has 5 nitrogen and oxygen atoms in total. The van der Waals surface area contributed by atoms with Gasteiger partial charge >= 0.3 is 0 Å². The van der Waals surface area contributed by atoms with Crippen LogP contribution in [0.5, 0.6) is 5.75 Å². The average molecular weight is 270 g/mol. The normalized spacial score (nSPS) is 9.80. The van der Waals surface area contributed by atoms with E-state index >= 15 is 0 Å². The minimum atomic E-state index is -0.231. The van der Waals surface area contributed by atoms with Crippen molar-refractivity contribution >= 4 is 5.91 Å². The topological polar surface area (TPSA) is 75.3 Å². The van der Waals surface area contributed by atoms with Gasteiger partial charge in [0, 0.05) is 0 Å². The van der Waals surface area contributed by atoms with E-state index in [0.29, 0.717) is 23.6 Å². The maximum atomic E-state index is 11.6. The number of amides is 1. The second-order valence-electron chi connectivity index (χ2n) is 4.24. The Bertz CT molecular complexity index is 627. The number of nitriles is 1. The van der Waals surface area contributed by atoms with Gasteiger partial charge in [0.25, 0.3) is 5.91 Å². The van der Waals surface area contributed by atoms with Crippen molar-refractivity contribution in [3.05, 3.63) is 53.5 Å². The standard InChI is InChI=1S/C15H14N2O3/c1-11-7-12(8-16)4-5-14(11)20-10-15(18)17-9-13-3-2-6-19-13/h2-7H,9-10H2,1H3,(H,17,18). The number of carbonyl (C=O) groups is 1. The second-order valence-corrected chi connectivity index (χ2v) is 4.24. The smallest absolute Gasteiger partial charge is 0.258 e. The quantitative estimate of drug-likeness (QED) is 0.903. The summed E-state index contributed by atoms with van der Waals surface area (Å²) in [6.07, 6.45) is 1.55. The molecular weight excluding hydrogens is 256 g/mol. The largest absolute Gasteiger partial charge is 0.484 e. The van der Waals surface area contributed by atoms with Crippen molar-refractivity contribution in [2.24, 2.45) is 0 Å². The Kier molecular flexibility index (Phi) is 4.40. The molecule has 0 atom stereocenters. The van der Waals surface area contributed by atoms with Crippen LogP contribution >= 0.6 is 0 Å². The van der Waals surface area contributed by atoms with Crippen molar-refractivity contribution in [3.8, 4) is 11.8 Å². The van der Waals surface area contributed by atoms with Gasteiger partial charge in [-0.15, -0.1) is 0 Å². The summed E-state index contributed by atoms with van der Waals surface area (Å²) in [5, 5.41) is 11.5. The Morgan fingerprint density at radius 2 is 2.30 bits per heavy atom. The molecule has 2 rings (SSSR count). The van der Waals surface area contributed by atoms with Crippen LogP contribution in [-0.4, -0.2) is 12.5 Å². The number of nitrogens with one attached hydrogen (secondary N) is 1. The fourth-order valence-corrected chi connectivity index (χ4v) is 1.67. The summed E-state index contributed by atoms with van der Waals surface area (Å²) < 4.78 is 10.5. The van der Waals surface area contributed by atoms with E-state index in [1.54, 1.807) is 36.6 Å². The number of ether oxygens (including phenoxy) is 1. The lowest BCUT2D eigenvalue weighted by Crippen LogP contribution is -2.28. The first-order chi connectivity index (χ1) is 9.69. The highest BCUT2D eigenvalue weighted by molar-refractivity contribution is 5.77. The number of rotatable bonds is 5. The summed E-state index contributed by atoms with van der Waals surface area (Å²) in [5.74, 6) is 1.05. The first-order valence-corrected chi connectivity index (χ1v) is 6.11. The van der Waals surface area contributed by atoms with E-state index in [4.69, 9.17) is 14.4 Å². The highest BCUT2D eigenvalue weighted by Gasteiger charge is 2.06. The summed E-state index contributed by atoms with van der Waals surface area (Å²) >= 11 is 0. The molecule has 0 saturated heterocycles. The maximum absolute atomic E-state index is 11.6. The number of aryl methyl sites for hydroxylation is 1. The number of furan rings is 1. The molecule has 1 N–H and O–H groups in total. The summed E-state index contributed by atoms with van der Waals surface area (Å²) in [7, 11) is 0. The molecule has 20 heavy (non-hydrogen) atoms. The van der Waals surface area contributed by atoms with Crippen LogP contribution in [0.25, 0.3) is 0 Å². The van der Waals surface area contributed by atoms with E-state index in [1.807, 2.05) is 6.92 Å². The van der Waals surface area contributed by atoms with Crippen LogP contribution in [-0.2, 0) is 11.3 Å². The number of nitrogens with zero attached hydrogens (tertiary/aromatic N) is 1. The van der Waals surface area contributed by atoms with Crippen LogP contribution in [0, 0.1) is 18.3 Å². The van der Waals surface area contributed by atoms with Gasteiger partial charge in [0.2, 0.25) is 0 Å². The summed E-state index contributed by atoms with van der Waals surface area (Å²) in [6.45, 7) is 2.09. The van der Waals surface area contributed by atoms with Crippen molar-refractivity contribution in [3.63, 3.8) is 0 Å². The van der Waals surface area contributed by atoms with Gasteiger partial charge in [0.05, 0.1) is 24.4 Å². The van der Waals surface area contributed by atoms with E-state index in [0.717, 1.165) is 5.56 Å². The average Bonchev–Trinajstić information content (AvgIpc) is 2.97. The van der Waals surface area contributed by atoms with E-state index < -0.39 is 0 Å². The zero-order valence-electron chi connectivity index (χ0n) is 11.1. The number of benzene rings is 1. The molecule has 0 unspecified atom stereocenters. The molecule has 102 valence electrons. The van der Waals surface area contributed by atoms with Crippen LogP contribution in [0.3, 0.4) is 0 Å². The highest BCUT2D eigenvalue weighted by atomic mass is 16.5. The molecule has 1 amide bonds. The van der Waals surface area contributed by atoms with Gasteiger partial charge < -0.3 is 14.5 Å². The van der Waals surface area contributed by atoms with Crippen molar-refractivity contribution in [1.29, 1.82) is 5.26 Å². The minimum Gasteiger partial charge on any atom is -0.484 e. The number of hydrogen-bond acceptors (Lipinski definition) is 4. The number of carbonyl (C=O) groups excluding carboxylic acids is 1. The van der Waals surface area contributed by atoms with E-state index in [2.05, 4.69) is 11.4 Å². The summed E-state index contributed by atoms with van der Waals surface area (Å²) in [6, 6.07) is 10.7. The molecule has 0 saturated carbocycles. The molecule has 2 aromatic rings. The molecule has 0 aliphatic carbocycles. The SMILES string of the molecule is Cc1cc(C#N)ccc1OCC(=O)NCc1ccco1. The van der Waals surface area contributed by atoms with Gasteiger partial charge in [0.1, 0.15) is 11.5 Å². The molecule has 0 aliphatic rings. The molecule has 0 radical (unpaired) electrons. The van der Waals surface area contributed by atoms with Gasteiger partial charge in [-0.2, -0.15) is 5.26 Å². The molecule has 1 heterocycles. The maximum Gasteiger partial charge on any atom is 0.258 e. The van der Waals surface area contributed by atoms with Gasteiger partial charge in [-0.3, -0.25) is 4.79 Å². The zero-order chi connectivity index (χ0) is 14.4. The minimum absolute atomic E-state index is 0.0759. The Labute approximate surface area is 116 Å². The molecule has 0 fully saturated rings. The van der Waals surface area contributed by atoms with Crippen LogP contribution in [0.2, 0.25) is 0 Å². The third-order valence-electron chi connectivity index (χ3n) is 2.70. The molecule has 0 aliphatic heterocycles. The van der Waals surface area contributed by atoms with Crippen LogP contribution in [0.1, 0.15) is 16.9 Å². The number of hydrogen-bond donors (Lipinski definition) is 1. The molecule has 5 heteroatoms. The van der Waals surface area contributed by atoms with Crippen LogP contribution in [0.15, 0.2) is 41.0 Å². The van der Waals surface area contributed by atoms with Crippen molar-refractivity contribution in [2.75, 3.05) is 6.61 Å². The lowest BCUT2D eigenvalue weighted by molar-refractivity contribution is -0.123. The van der Waals surface area contributed by atoms with Gasteiger partial charge in [-0.1, -0.05) is 0 Å². The first kappa shape index (κ1) is 13.7. The summed E-state index contributed by atoms with van der Waals surface area (Å²) in [4.78, 5) is 11.6. The lowest BCUT2D eigenvalue weighted by Gasteiger charge is -2.09. The molecular formula is C15H14N2O3. The van der Waals surface area contributed by atoms with Crippen LogP contribution in [0.4, 0.5) is 0 Å². The van der Waals surface area contributed by atoms with Crippen molar-refractivity contribution in [2.45, 2.75) is 13.5 Å². The third-order valence-corrected chi connectivity index (χ3v) is 2.70. The Morgan fingerprint density at radius 3 is 2.95 bits per heavy atom. The van der Waals surface area contributed by atoms with E-state index in [1.165, 1.54) is 0 Å². The van der Waals surface area contributed by atoms with Gasteiger partial charge in [-0.25, -0.2) is 0 Å². The molecule has 1 aromatic heterocycles. The second kappa shape index (κ2) is 6.43. The predicted octanol–water partition coefficient (Wildman–Crippen LogP) is 2.15. The monoisotopic (exact) mass is 270 g/mol. The third kappa shape index (κ3) is 3.62. The van der Waals surface area contributed by atoms with E-state index in [9.17, 15) is 4.79 Å². The first-order valence-electron chi connectivity index (χ1n) is 6.11. The van der Waals surface area contributed by atoms with Crippen LogP contribution < -0.4 is 10.1 Å². The van der Waals surface area contributed by atoms with Gasteiger partial charge in [-0.05, 0) is 42.8 Å². The zero-order valence-corrected chi connectivity index (χ0v) is 11.1. The fraction of sp³-hybridized carbons (Fsp3) is 0.200. The predicted molar refractivity (Wildman–Crippen MR) is 71.9 cm³/mol. The van der Waals surface area contributed by atoms with Crippen molar-refractivity contribution < 1.29 is 13.9 Å². The Morgan fingerprint density at radius 1 is 1.45 bits per heavy atom. The molecule has 1 aromatic carbocycles. The lowest BCUT2D eigenvalue weighted by atomic mass is 10.1. The molecule has 0 bridgehead atoms. The van der Waals surface area contributed by atoms with Gasteiger partial charge in [0.15, 0.2) is 6.61 Å². The highest BCUT2D eigenvalue weighted by Crippen LogP contribution is 2.18. The van der Waals surface area contributed by atoms with Crippen molar-refractivity contribution in [1.82, 2.24) is 5.32 Å². The van der Waals surface area contributed by atoms with E-state index in [-0.39, 0.29) is 12.5 Å². The Balaban J connectivity index is 1.83. The Hall–Kier alpha value is -2.74.